The number of anilines is 1. The molecule has 1 N–H and O–H groups in total. The van der Waals surface area contributed by atoms with E-state index in [0.29, 0.717) is 30.4 Å². The van der Waals surface area contributed by atoms with Crippen LogP contribution < -0.4 is 5.32 Å². The number of halogens is 1. The lowest BCUT2D eigenvalue weighted by Gasteiger charge is -2.26. The van der Waals surface area contributed by atoms with Crippen molar-refractivity contribution >= 4 is 11.7 Å². The molecule has 0 bridgehead atoms. The Bertz CT molecular complexity index is 958. The molecule has 1 aromatic heterocycles. The van der Waals surface area contributed by atoms with Crippen LogP contribution in [0.5, 0.6) is 0 Å². The number of carbonyl (C=O) groups is 1. The molecule has 1 heterocycles. The molecule has 2 aromatic carbocycles. The first-order valence-corrected chi connectivity index (χ1v) is 9.61. The number of nitrogens with one attached hydrogen (secondary N) is 1. The van der Waals surface area contributed by atoms with Crippen LogP contribution in [0.25, 0.3) is 0 Å². The lowest BCUT2D eigenvalue weighted by Crippen LogP contribution is -2.37. The van der Waals surface area contributed by atoms with E-state index in [0.717, 1.165) is 11.1 Å². The van der Waals surface area contributed by atoms with E-state index in [9.17, 15) is 9.18 Å². The maximum atomic E-state index is 13.2. The van der Waals surface area contributed by atoms with Crippen molar-refractivity contribution in [1.82, 2.24) is 14.9 Å². The summed E-state index contributed by atoms with van der Waals surface area (Å²) in [5, 5.41) is 3.19. The largest absolute Gasteiger partial charge is 0.366 e. The zero-order valence-corrected chi connectivity index (χ0v) is 16.9. The maximum Gasteiger partial charge on any atom is 0.273 e. The number of aromatic nitrogens is 2. The average molecular weight is 392 g/mol. The summed E-state index contributed by atoms with van der Waals surface area (Å²) >= 11 is 0. The first-order chi connectivity index (χ1) is 13.9. The van der Waals surface area contributed by atoms with Crippen LogP contribution in [-0.2, 0) is 13.1 Å². The number of hydrogen-bond donors (Lipinski definition) is 1. The molecule has 150 valence electrons. The van der Waals surface area contributed by atoms with Crippen LogP contribution in [0.1, 0.15) is 41.3 Å². The van der Waals surface area contributed by atoms with Crippen LogP contribution in [0, 0.1) is 12.7 Å². The smallest absolute Gasteiger partial charge is 0.273 e. The lowest BCUT2D eigenvalue weighted by atomic mass is 10.1. The molecule has 0 saturated carbocycles. The molecule has 0 radical (unpaired) electrons. The Morgan fingerprint density at radius 1 is 1.03 bits per heavy atom. The average Bonchev–Trinajstić information content (AvgIpc) is 2.71. The van der Waals surface area contributed by atoms with Gasteiger partial charge in [0.05, 0.1) is 0 Å². The van der Waals surface area contributed by atoms with Gasteiger partial charge in [0.1, 0.15) is 23.2 Å². The van der Waals surface area contributed by atoms with E-state index >= 15 is 0 Å². The molecule has 0 spiro atoms. The third-order valence-electron chi connectivity index (χ3n) is 4.52. The summed E-state index contributed by atoms with van der Waals surface area (Å²) in [7, 11) is 0. The summed E-state index contributed by atoms with van der Waals surface area (Å²) in [6.07, 6.45) is 0. The molecule has 1 amide bonds. The molecule has 3 rings (SSSR count). The van der Waals surface area contributed by atoms with Crippen molar-refractivity contribution in [2.75, 3.05) is 5.32 Å². The monoisotopic (exact) mass is 392 g/mol. The molecule has 0 fully saturated rings. The number of aryl methyl sites for hydroxylation is 1. The van der Waals surface area contributed by atoms with E-state index in [-0.39, 0.29) is 17.8 Å². The number of nitrogens with zero attached hydrogens (tertiary/aromatic N) is 3. The molecule has 0 saturated heterocycles. The lowest BCUT2D eigenvalue weighted by molar-refractivity contribution is 0.0684. The topological polar surface area (TPSA) is 58.1 Å². The van der Waals surface area contributed by atoms with Crippen molar-refractivity contribution in [2.24, 2.45) is 0 Å². The van der Waals surface area contributed by atoms with Gasteiger partial charge in [-0.2, -0.15) is 0 Å². The maximum absolute atomic E-state index is 13.2. The summed E-state index contributed by atoms with van der Waals surface area (Å²) in [4.78, 5) is 23.7. The third-order valence-corrected chi connectivity index (χ3v) is 4.52. The van der Waals surface area contributed by atoms with Gasteiger partial charge in [0, 0.05) is 25.2 Å². The van der Waals surface area contributed by atoms with Crippen LogP contribution in [-0.4, -0.2) is 26.8 Å². The van der Waals surface area contributed by atoms with E-state index in [2.05, 4.69) is 15.3 Å². The molecule has 0 aliphatic carbocycles. The summed E-state index contributed by atoms with van der Waals surface area (Å²) in [6, 6.07) is 17.8. The highest BCUT2D eigenvalue weighted by Crippen LogP contribution is 2.15. The number of rotatable bonds is 7. The van der Waals surface area contributed by atoms with Crippen LogP contribution in [0.2, 0.25) is 0 Å². The van der Waals surface area contributed by atoms with Crippen molar-refractivity contribution in [3.05, 3.63) is 89.1 Å². The van der Waals surface area contributed by atoms with Crippen LogP contribution in [0.4, 0.5) is 10.2 Å². The van der Waals surface area contributed by atoms with Crippen molar-refractivity contribution in [3.63, 3.8) is 0 Å². The first kappa shape index (κ1) is 20.5. The number of amides is 1. The second-order valence-corrected chi connectivity index (χ2v) is 7.18. The highest BCUT2D eigenvalue weighted by atomic mass is 19.1. The fourth-order valence-electron chi connectivity index (χ4n) is 2.98. The van der Waals surface area contributed by atoms with Gasteiger partial charge in [-0.1, -0.05) is 42.5 Å². The summed E-state index contributed by atoms with van der Waals surface area (Å²) < 4.78 is 13.1. The third kappa shape index (κ3) is 5.60. The van der Waals surface area contributed by atoms with Crippen LogP contribution >= 0.6 is 0 Å². The number of hydrogen-bond acceptors (Lipinski definition) is 4. The Kier molecular flexibility index (Phi) is 6.54. The fourth-order valence-corrected chi connectivity index (χ4v) is 2.98. The highest BCUT2D eigenvalue weighted by molar-refractivity contribution is 5.93. The molecular weight excluding hydrogens is 367 g/mol. The van der Waals surface area contributed by atoms with Gasteiger partial charge in [-0.3, -0.25) is 4.79 Å². The molecule has 0 unspecified atom stereocenters. The van der Waals surface area contributed by atoms with Crippen molar-refractivity contribution in [2.45, 2.75) is 39.9 Å². The second kappa shape index (κ2) is 9.28. The van der Waals surface area contributed by atoms with Gasteiger partial charge in [0.2, 0.25) is 0 Å². The summed E-state index contributed by atoms with van der Waals surface area (Å²) in [5.41, 5.74) is 2.34. The molecular formula is C23H25FN4O. The predicted octanol–water partition coefficient (Wildman–Crippen LogP) is 4.59. The Morgan fingerprint density at radius 3 is 2.38 bits per heavy atom. The Morgan fingerprint density at radius 2 is 1.72 bits per heavy atom. The van der Waals surface area contributed by atoms with Crippen molar-refractivity contribution in [3.8, 4) is 0 Å². The number of benzene rings is 2. The van der Waals surface area contributed by atoms with E-state index in [1.54, 1.807) is 30.0 Å². The van der Waals surface area contributed by atoms with Gasteiger partial charge in [0.15, 0.2) is 0 Å². The van der Waals surface area contributed by atoms with Gasteiger partial charge in [-0.15, -0.1) is 0 Å². The molecule has 29 heavy (non-hydrogen) atoms. The molecule has 5 nitrogen and oxygen atoms in total. The Hall–Kier alpha value is -3.28. The van der Waals surface area contributed by atoms with Gasteiger partial charge in [0.25, 0.3) is 5.91 Å². The van der Waals surface area contributed by atoms with Gasteiger partial charge < -0.3 is 10.2 Å². The zero-order chi connectivity index (χ0) is 20.8. The van der Waals surface area contributed by atoms with Crippen molar-refractivity contribution in [1.29, 1.82) is 0 Å². The van der Waals surface area contributed by atoms with Crippen LogP contribution in [0.15, 0.2) is 60.7 Å². The minimum atomic E-state index is -0.272. The predicted molar refractivity (Wildman–Crippen MR) is 112 cm³/mol. The molecule has 3 aromatic rings. The second-order valence-electron chi connectivity index (χ2n) is 7.18. The minimum Gasteiger partial charge on any atom is -0.366 e. The summed E-state index contributed by atoms with van der Waals surface area (Å²) in [6.45, 7) is 6.73. The minimum absolute atomic E-state index is 0.0219. The number of carbonyl (C=O) groups excluding carboxylic acids is 1. The Labute approximate surface area is 170 Å². The van der Waals surface area contributed by atoms with E-state index < -0.39 is 0 Å². The standard InChI is InChI=1S/C23H25FN4O/c1-16(2)28(15-19-7-5-4-6-8-19)23(29)21-13-22(27-17(3)26-21)25-14-18-9-11-20(24)12-10-18/h4-13,16H,14-15H2,1-3H3,(H,25,26,27). The zero-order valence-electron chi connectivity index (χ0n) is 16.9. The normalized spacial score (nSPS) is 10.8. The van der Waals surface area contributed by atoms with E-state index in [1.807, 2.05) is 44.2 Å². The Balaban J connectivity index is 1.77. The molecule has 0 aliphatic heterocycles. The molecule has 0 aliphatic rings. The fraction of sp³-hybridized carbons (Fsp3) is 0.261. The SMILES string of the molecule is Cc1nc(NCc2ccc(F)cc2)cc(C(=O)N(Cc2ccccc2)C(C)C)n1. The van der Waals surface area contributed by atoms with E-state index in [4.69, 9.17) is 0 Å². The van der Waals surface area contributed by atoms with Crippen molar-refractivity contribution < 1.29 is 9.18 Å². The molecule has 0 atom stereocenters. The van der Waals surface area contributed by atoms with Gasteiger partial charge in [-0.05, 0) is 44.0 Å². The van der Waals surface area contributed by atoms with Crippen LogP contribution in [0.3, 0.4) is 0 Å². The first-order valence-electron chi connectivity index (χ1n) is 9.61. The van der Waals surface area contributed by atoms with Gasteiger partial charge in [-0.25, -0.2) is 14.4 Å². The molecule has 6 heteroatoms. The highest BCUT2D eigenvalue weighted by Gasteiger charge is 2.21. The van der Waals surface area contributed by atoms with E-state index in [1.165, 1.54) is 12.1 Å². The summed E-state index contributed by atoms with van der Waals surface area (Å²) in [5.74, 6) is 0.667. The quantitative estimate of drug-likeness (QED) is 0.639. The van der Waals surface area contributed by atoms with Gasteiger partial charge >= 0.3 is 0 Å².